The molecule has 3 fully saturated rings. The van der Waals surface area contributed by atoms with Gasteiger partial charge in [0.1, 0.15) is 5.60 Å². The van der Waals surface area contributed by atoms with Crippen LogP contribution >= 0.6 is 15.9 Å². The average Bonchev–Trinajstić information content (AvgIpc) is 2.97. The molecule has 3 aliphatic rings. The van der Waals surface area contributed by atoms with Gasteiger partial charge in [0.2, 0.25) is 5.54 Å². The number of ether oxygens (including phenoxy) is 2. The number of alkyl halides is 1. The third-order valence-electron chi connectivity index (χ3n) is 6.41. The Morgan fingerprint density at radius 1 is 1.30 bits per heavy atom. The molecule has 1 saturated carbocycles. The van der Waals surface area contributed by atoms with E-state index >= 15 is 0 Å². The maximum absolute atomic E-state index is 12.2. The van der Waals surface area contributed by atoms with Gasteiger partial charge in [-0.05, 0) is 18.4 Å². The maximum Gasteiger partial charge on any atom is 0.235 e. The monoisotopic (exact) mass is 381 g/mol. The standard InChI is InChI=1S/C17H20BrNO4/c1-15(19(20)21)13-7-8-23-17(13,12-5-3-2-4-6-12)14(18)9-16(15)10-22-11-16/h2-6,13-14H,7-11H2,1H3/t13-,14+,15-,17-/m1/s1. The number of fused-ring (bicyclic) bond motifs is 1. The van der Waals surface area contributed by atoms with Gasteiger partial charge in [0.25, 0.3) is 0 Å². The lowest BCUT2D eigenvalue weighted by atomic mass is 9.50. The summed E-state index contributed by atoms with van der Waals surface area (Å²) in [6, 6.07) is 9.97. The first-order chi connectivity index (χ1) is 11.0. The summed E-state index contributed by atoms with van der Waals surface area (Å²) in [5.74, 6) is -0.172. The molecule has 2 aliphatic heterocycles. The molecule has 0 N–H and O–H groups in total. The van der Waals surface area contributed by atoms with E-state index in [0.29, 0.717) is 32.7 Å². The normalized spacial score (nSPS) is 41.3. The maximum atomic E-state index is 12.2. The highest BCUT2D eigenvalue weighted by Gasteiger charge is 2.76. The Kier molecular flexibility index (Phi) is 3.38. The van der Waals surface area contributed by atoms with Crippen LogP contribution in [-0.4, -0.2) is 35.1 Å². The molecular formula is C17H20BrNO4. The fraction of sp³-hybridized carbons (Fsp3) is 0.647. The van der Waals surface area contributed by atoms with Crippen molar-refractivity contribution in [1.82, 2.24) is 0 Å². The van der Waals surface area contributed by atoms with Gasteiger partial charge in [0, 0.05) is 23.3 Å². The molecule has 2 saturated heterocycles. The Labute approximate surface area is 143 Å². The van der Waals surface area contributed by atoms with Gasteiger partial charge in [-0.1, -0.05) is 46.3 Å². The quantitative estimate of drug-likeness (QED) is 0.448. The first-order valence-corrected chi connectivity index (χ1v) is 8.95. The lowest BCUT2D eigenvalue weighted by Gasteiger charge is -2.59. The number of benzene rings is 1. The number of halogens is 1. The zero-order valence-electron chi connectivity index (χ0n) is 13.0. The van der Waals surface area contributed by atoms with Crippen molar-refractivity contribution in [2.24, 2.45) is 11.3 Å². The Hall–Kier alpha value is -0.980. The Bertz CT molecular complexity index is 635. The Morgan fingerprint density at radius 2 is 2.00 bits per heavy atom. The highest BCUT2D eigenvalue weighted by atomic mass is 79.9. The number of hydrogen-bond donors (Lipinski definition) is 0. The molecule has 2 heterocycles. The second-order valence-electron chi connectivity index (χ2n) is 7.20. The number of nitrogens with zero attached hydrogens (tertiary/aromatic N) is 1. The van der Waals surface area contributed by atoms with Crippen LogP contribution in [0.3, 0.4) is 0 Å². The van der Waals surface area contributed by atoms with E-state index in [1.54, 1.807) is 0 Å². The average molecular weight is 382 g/mol. The summed E-state index contributed by atoms with van der Waals surface area (Å²) < 4.78 is 11.7. The molecule has 4 rings (SSSR count). The minimum atomic E-state index is -1.04. The van der Waals surface area contributed by atoms with Crippen LogP contribution in [0.1, 0.15) is 25.3 Å². The number of hydrogen-bond acceptors (Lipinski definition) is 4. The van der Waals surface area contributed by atoms with E-state index in [0.717, 1.165) is 5.56 Å². The second-order valence-corrected chi connectivity index (χ2v) is 8.30. The van der Waals surface area contributed by atoms with E-state index in [1.807, 2.05) is 37.3 Å². The van der Waals surface area contributed by atoms with Gasteiger partial charge in [-0.3, -0.25) is 10.1 Å². The van der Waals surface area contributed by atoms with Crippen molar-refractivity contribution in [2.75, 3.05) is 19.8 Å². The minimum absolute atomic E-state index is 0.0434. The van der Waals surface area contributed by atoms with Crippen molar-refractivity contribution in [2.45, 2.75) is 35.7 Å². The highest BCUT2D eigenvalue weighted by Crippen LogP contribution is 2.64. The molecule has 5 nitrogen and oxygen atoms in total. The predicted octanol–water partition coefficient (Wildman–Crippen LogP) is 3.14. The van der Waals surface area contributed by atoms with Gasteiger partial charge in [0.15, 0.2) is 0 Å². The number of rotatable bonds is 2. The van der Waals surface area contributed by atoms with Gasteiger partial charge in [-0.15, -0.1) is 0 Å². The van der Waals surface area contributed by atoms with E-state index in [1.165, 1.54) is 0 Å². The summed E-state index contributed by atoms with van der Waals surface area (Å²) >= 11 is 3.84. The van der Waals surface area contributed by atoms with Crippen LogP contribution in [0.25, 0.3) is 0 Å². The van der Waals surface area contributed by atoms with Crippen LogP contribution in [0, 0.1) is 21.4 Å². The SMILES string of the molecule is C[C@@]1([N+](=O)[O-])[C@H]2CCO[C@@]2(c2ccccc2)[C@@H](Br)CC12COC2. The summed E-state index contributed by atoms with van der Waals surface area (Å²) in [5, 5.41) is 12.2. The molecule has 1 aromatic carbocycles. The van der Waals surface area contributed by atoms with Gasteiger partial charge in [-0.25, -0.2) is 0 Å². The van der Waals surface area contributed by atoms with Crippen LogP contribution in [0.5, 0.6) is 0 Å². The summed E-state index contributed by atoms with van der Waals surface area (Å²) in [7, 11) is 0. The fourth-order valence-electron chi connectivity index (χ4n) is 4.98. The Morgan fingerprint density at radius 3 is 2.57 bits per heavy atom. The van der Waals surface area contributed by atoms with Gasteiger partial charge in [0.05, 0.1) is 24.5 Å². The van der Waals surface area contributed by atoms with Gasteiger partial charge < -0.3 is 9.47 Å². The van der Waals surface area contributed by atoms with E-state index in [9.17, 15) is 10.1 Å². The third kappa shape index (κ3) is 1.74. The van der Waals surface area contributed by atoms with Crippen molar-refractivity contribution >= 4 is 15.9 Å². The topological polar surface area (TPSA) is 61.6 Å². The fourth-order valence-corrected chi connectivity index (χ4v) is 6.32. The molecule has 1 spiro atoms. The van der Waals surface area contributed by atoms with E-state index in [-0.39, 0.29) is 15.7 Å². The van der Waals surface area contributed by atoms with E-state index in [4.69, 9.17) is 9.47 Å². The lowest BCUT2D eigenvalue weighted by Crippen LogP contribution is -2.73. The first kappa shape index (κ1) is 15.5. The van der Waals surface area contributed by atoms with Crippen LogP contribution in [0.4, 0.5) is 0 Å². The molecule has 0 aromatic heterocycles. The molecule has 124 valence electrons. The van der Waals surface area contributed by atoms with Gasteiger partial charge in [-0.2, -0.15) is 0 Å². The summed E-state index contributed by atoms with van der Waals surface area (Å²) in [4.78, 5) is 12.2. The largest absolute Gasteiger partial charge is 0.380 e. The predicted molar refractivity (Wildman–Crippen MR) is 88.2 cm³/mol. The molecule has 1 aromatic rings. The second kappa shape index (κ2) is 5.01. The van der Waals surface area contributed by atoms with Crippen molar-refractivity contribution in [3.05, 3.63) is 46.0 Å². The van der Waals surface area contributed by atoms with Crippen LogP contribution in [0.15, 0.2) is 30.3 Å². The summed E-state index contributed by atoms with van der Waals surface area (Å²) in [5.41, 5.74) is -1.04. The summed E-state index contributed by atoms with van der Waals surface area (Å²) in [6.07, 6.45) is 1.39. The van der Waals surface area contributed by atoms with E-state index < -0.39 is 16.6 Å². The first-order valence-electron chi connectivity index (χ1n) is 8.03. The molecule has 0 unspecified atom stereocenters. The zero-order valence-corrected chi connectivity index (χ0v) is 14.6. The third-order valence-corrected chi connectivity index (χ3v) is 7.42. The molecule has 6 heteroatoms. The zero-order chi connectivity index (χ0) is 16.3. The minimum Gasteiger partial charge on any atom is -0.380 e. The highest BCUT2D eigenvalue weighted by molar-refractivity contribution is 9.09. The van der Waals surface area contributed by atoms with Crippen molar-refractivity contribution < 1.29 is 14.4 Å². The molecule has 0 amide bonds. The lowest BCUT2D eigenvalue weighted by molar-refractivity contribution is -0.617. The molecule has 23 heavy (non-hydrogen) atoms. The molecular weight excluding hydrogens is 362 g/mol. The van der Waals surface area contributed by atoms with Crippen LogP contribution in [0.2, 0.25) is 0 Å². The van der Waals surface area contributed by atoms with Crippen molar-refractivity contribution in [3.63, 3.8) is 0 Å². The smallest absolute Gasteiger partial charge is 0.235 e. The van der Waals surface area contributed by atoms with Crippen molar-refractivity contribution in [3.8, 4) is 0 Å². The summed E-state index contributed by atoms with van der Waals surface area (Å²) in [6.45, 7) is 3.30. The van der Waals surface area contributed by atoms with Crippen molar-refractivity contribution in [1.29, 1.82) is 0 Å². The number of nitro groups is 1. The van der Waals surface area contributed by atoms with Crippen LogP contribution < -0.4 is 0 Å². The molecule has 1 aliphatic carbocycles. The Balaban J connectivity index is 1.89. The van der Waals surface area contributed by atoms with E-state index in [2.05, 4.69) is 15.9 Å². The van der Waals surface area contributed by atoms with Gasteiger partial charge >= 0.3 is 0 Å². The van der Waals surface area contributed by atoms with Crippen LogP contribution in [-0.2, 0) is 15.1 Å². The molecule has 0 radical (unpaired) electrons. The molecule has 4 atom stereocenters. The molecule has 0 bridgehead atoms.